The quantitative estimate of drug-likeness (QED) is 0.408. The second-order valence-corrected chi connectivity index (χ2v) is 5.06. The Kier molecular flexibility index (Phi) is 7.71. The molecule has 21 heavy (non-hydrogen) atoms. The Hall–Kier alpha value is -1.66. The Balaban J connectivity index is 2.36. The highest BCUT2D eigenvalue weighted by molar-refractivity contribution is 5.43. The van der Waals surface area contributed by atoms with Crippen LogP contribution in [0.25, 0.3) is 0 Å². The molecular formula is C15H24N2O4. The van der Waals surface area contributed by atoms with Crippen LogP contribution in [-0.4, -0.2) is 31.3 Å². The number of unbranched alkanes of at least 4 members (excludes halogenated alkanes) is 1. The number of non-ortho nitro benzene ring substituents is 1. The summed E-state index contributed by atoms with van der Waals surface area (Å²) in [7, 11) is 1.56. The largest absolute Gasteiger partial charge is 0.496 e. The van der Waals surface area contributed by atoms with Crippen molar-refractivity contribution < 1.29 is 14.4 Å². The number of hydrogen-bond acceptors (Lipinski definition) is 5. The van der Waals surface area contributed by atoms with Gasteiger partial charge in [-0.15, -0.1) is 0 Å². The van der Waals surface area contributed by atoms with Gasteiger partial charge in [0.15, 0.2) is 0 Å². The predicted octanol–water partition coefficient (Wildman–Crippen LogP) is 2.90. The zero-order chi connectivity index (χ0) is 15.7. The molecule has 1 N–H and O–H groups in total. The van der Waals surface area contributed by atoms with Crippen molar-refractivity contribution in [3.8, 4) is 5.75 Å². The van der Waals surface area contributed by atoms with Crippen LogP contribution in [-0.2, 0) is 11.3 Å². The summed E-state index contributed by atoms with van der Waals surface area (Å²) in [5.74, 6) is 0.663. The molecule has 6 heteroatoms. The van der Waals surface area contributed by atoms with Gasteiger partial charge in [0.25, 0.3) is 5.69 Å². The average molecular weight is 296 g/mol. The first-order valence-corrected chi connectivity index (χ1v) is 7.18. The molecule has 0 aliphatic heterocycles. The van der Waals surface area contributed by atoms with Gasteiger partial charge in [0, 0.05) is 30.8 Å². The first kappa shape index (κ1) is 17.4. The number of nitrogens with zero attached hydrogens (tertiary/aromatic N) is 1. The van der Waals surface area contributed by atoms with Crippen LogP contribution in [0.1, 0.15) is 32.3 Å². The molecule has 0 radical (unpaired) electrons. The first-order valence-electron chi connectivity index (χ1n) is 7.18. The number of ether oxygens (including phenoxy) is 2. The van der Waals surface area contributed by atoms with Crippen LogP contribution in [0, 0.1) is 10.1 Å². The second kappa shape index (κ2) is 9.31. The molecule has 1 aromatic carbocycles. The van der Waals surface area contributed by atoms with E-state index in [2.05, 4.69) is 5.32 Å². The summed E-state index contributed by atoms with van der Waals surface area (Å²) in [5.41, 5.74) is 0.878. The minimum Gasteiger partial charge on any atom is -0.496 e. The number of nitrogens with one attached hydrogen (secondary N) is 1. The predicted molar refractivity (Wildman–Crippen MR) is 81.7 cm³/mol. The van der Waals surface area contributed by atoms with Gasteiger partial charge >= 0.3 is 0 Å². The highest BCUT2D eigenvalue weighted by Gasteiger charge is 2.10. The Morgan fingerprint density at radius 1 is 1.33 bits per heavy atom. The number of benzene rings is 1. The summed E-state index contributed by atoms with van der Waals surface area (Å²) in [4.78, 5) is 10.4. The summed E-state index contributed by atoms with van der Waals surface area (Å²) in [5, 5.41) is 14.1. The standard InChI is InChI=1S/C15H24N2O4/c1-12(2)21-9-5-4-8-16-11-13-10-14(17(18)19)6-7-15(13)20-3/h6-7,10,12,16H,4-5,8-9,11H2,1-3H3. The van der Waals surface area contributed by atoms with E-state index < -0.39 is 4.92 Å². The third-order valence-corrected chi connectivity index (χ3v) is 2.99. The van der Waals surface area contributed by atoms with Gasteiger partial charge in [0.2, 0.25) is 0 Å². The summed E-state index contributed by atoms with van der Waals surface area (Å²) in [6.45, 7) is 6.20. The molecule has 0 heterocycles. The molecule has 0 aliphatic carbocycles. The maximum absolute atomic E-state index is 10.8. The van der Waals surface area contributed by atoms with Crippen LogP contribution in [0.15, 0.2) is 18.2 Å². The van der Waals surface area contributed by atoms with Crippen LogP contribution >= 0.6 is 0 Å². The highest BCUT2D eigenvalue weighted by atomic mass is 16.6. The minimum atomic E-state index is -0.397. The van der Waals surface area contributed by atoms with Gasteiger partial charge in [-0.05, 0) is 39.3 Å². The third kappa shape index (κ3) is 6.55. The minimum absolute atomic E-state index is 0.0814. The maximum atomic E-state index is 10.8. The number of nitro groups is 1. The SMILES string of the molecule is COc1ccc([N+](=O)[O-])cc1CNCCCCOC(C)C. The molecule has 0 amide bonds. The van der Waals surface area contributed by atoms with Crippen molar-refractivity contribution in [2.45, 2.75) is 39.3 Å². The molecule has 1 rings (SSSR count). The lowest BCUT2D eigenvalue weighted by atomic mass is 10.1. The fraction of sp³-hybridized carbons (Fsp3) is 0.600. The molecule has 0 aliphatic rings. The number of rotatable bonds is 10. The number of hydrogen-bond donors (Lipinski definition) is 1. The monoisotopic (exact) mass is 296 g/mol. The number of methoxy groups -OCH3 is 1. The highest BCUT2D eigenvalue weighted by Crippen LogP contribution is 2.23. The lowest BCUT2D eigenvalue weighted by molar-refractivity contribution is -0.384. The van der Waals surface area contributed by atoms with Crippen molar-refractivity contribution in [2.75, 3.05) is 20.3 Å². The number of nitro benzene ring substituents is 1. The summed E-state index contributed by atoms with van der Waals surface area (Å²) in [6.07, 6.45) is 2.27. The summed E-state index contributed by atoms with van der Waals surface area (Å²) < 4.78 is 10.7. The molecule has 0 atom stereocenters. The smallest absolute Gasteiger partial charge is 0.270 e. The van der Waals surface area contributed by atoms with Crippen molar-refractivity contribution in [1.82, 2.24) is 5.32 Å². The Bertz CT molecular complexity index is 449. The van der Waals surface area contributed by atoms with E-state index in [0.717, 1.165) is 31.6 Å². The van der Waals surface area contributed by atoms with Crippen molar-refractivity contribution >= 4 is 5.69 Å². The molecule has 6 nitrogen and oxygen atoms in total. The summed E-state index contributed by atoms with van der Waals surface area (Å²) >= 11 is 0. The van der Waals surface area contributed by atoms with E-state index in [1.807, 2.05) is 13.8 Å². The molecule has 118 valence electrons. The van der Waals surface area contributed by atoms with Crippen LogP contribution < -0.4 is 10.1 Å². The third-order valence-electron chi connectivity index (χ3n) is 2.99. The van der Waals surface area contributed by atoms with Crippen LogP contribution in [0.2, 0.25) is 0 Å². The lowest BCUT2D eigenvalue weighted by Crippen LogP contribution is -2.16. The normalized spacial score (nSPS) is 10.9. The Labute approximate surface area is 125 Å². The van der Waals surface area contributed by atoms with Gasteiger partial charge in [-0.1, -0.05) is 0 Å². The maximum Gasteiger partial charge on any atom is 0.270 e. The van der Waals surface area contributed by atoms with E-state index in [0.29, 0.717) is 12.3 Å². The molecule has 0 unspecified atom stereocenters. The zero-order valence-electron chi connectivity index (χ0n) is 12.9. The average Bonchev–Trinajstić information content (AvgIpc) is 2.45. The van der Waals surface area contributed by atoms with E-state index >= 15 is 0 Å². The molecule has 0 aromatic heterocycles. The van der Waals surface area contributed by atoms with Gasteiger partial charge in [-0.2, -0.15) is 0 Å². The van der Waals surface area contributed by atoms with Crippen molar-refractivity contribution in [1.29, 1.82) is 0 Å². The van der Waals surface area contributed by atoms with Crippen LogP contribution in [0.3, 0.4) is 0 Å². The molecule has 0 spiro atoms. The van der Waals surface area contributed by atoms with Crippen LogP contribution in [0.5, 0.6) is 5.75 Å². The van der Waals surface area contributed by atoms with Gasteiger partial charge in [0.1, 0.15) is 5.75 Å². The van der Waals surface area contributed by atoms with E-state index in [-0.39, 0.29) is 11.8 Å². The van der Waals surface area contributed by atoms with E-state index in [4.69, 9.17) is 9.47 Å². The van der Waals surface area contributed by atoms with E-state index in [9.17, 15) is 10.1 Å². The molecule has 0 saturated carbocycles. The van der Waals surface area contributed by atoms with Crippen molar-refractivity contribution in [3.05, 3.63) is 33.9 Å². The fourth-order valence-electron chi connectivity index (χ4n) is 1.91. The zero-order valence-corrected chi connectivity index (χ0v) is 12.9. The topological polar surface area (TPSA) is 73.6 Å². The molecule has 1 aromatic rings. The van der Waals surface area contributed by atoms with Gasteiger partial charge in [0.05, 0.1) is 18.1 Å². The summed E-state index contributed by atoms with van der Waals surface area (Å²) in [6, 6.07) is 4.63. The molecular weight excluding hydrogens is 272 g/mol. The molecule has 0 bridgehead atoms. The van der Waals surface area contributed by atoms with E-state index in [1.165, 1.54) is 6.07 Å². The second-order valence-electron chi connectivity index (χ2n) is 5.06. The van der Waals surface area contributed by atoms with E-state index in [1.54, 1.807) is 19.2 Å². The van der Waals surface area contributed by atoms with Crippen LogP contribution in [0.4, 0.5) is 5.69 Å². The van der Waals surface area contributed by atoms with Crippen molar-refractivity contribution in [3.63, 3.8) is 0 Å². The molecule has 0 fully saturated rings. The Morgan fingerprint density at radius 2 is 2.10 bits per heavy atom. The van der Waals surface area contributed by atoms with Gasteiger partial charge in [-0.3, -0.25) is 10.1 Å². The lowest BCUT2D eigenvalue weighted by Gasteiger charge is -2.10. The van der Waals surface area contributed by atoms with Gasteiger partial charge < -0.3 is 14.8 Å². The fourth-order valence-corrected chi connectivity index (χ4v) is 1.91. The molecule has 0 saturated heterocycles. The van der Waals surface area contributed by atoms with Gasteiger partial charge in [-0.25, -0.2) is 0 Å². The first-order chi connectivity index (χ1) is 10.0. The van der Waals surface area contributed by atoms with Crippen molar-refractivity contribution in [2.24, 2.45) is 0 Å². The Morgan fingerprint density at radius 3 is 2.71 bits per heavy atom.